The van der Waals surface area contributed by atoms with Crippen LogP contribution in [0.25, 0.3) is 0 Å². The van der Waals surface area contributed by atoms with Crippen LogP contribution >= 0.6 is 0 Å². The number of anilines is 2. The SMILES string of the molecule is CCCCCCCCN(CCCCCCCC)CCCNC(=O)Nc1cccc(Cc2cccc(NC(=O)NCCCN(CCCCCCCC)CCCCCCCC)c2)c1. The van der Waals surface area contributed by atoms with Crippen molar-refractivity contribution < 1.29 is 9.59 Å². The van der Waals surface area contributed by atoms with Crippen LogP contribution in [0.15, 0.2) is 48.5 Å². The van der Waals surface area contributed by atoms with Gasteiger partial charge in [-0.1, -0.05) is 180 Å². The van der Waals surface area contributed by atoms with E-state index in [2.05, 4.69) is 70.9 Å². The maximum absolute atomic E-state index is 12.9. The van der Waals surface area contributed by atoms with Crippen LogP contribution < -0.4 is 21.3 Å². The zero-order valence-electron chi connectivity index (χ0n) is 40.1. The molecule has 4 N–H and O–H groups in total. The van der Waals surface area contributed by atoms with Crippen molar-refractivity contribution >= 4 is 23.4 Å². The Morgan fingerprint density at radius 1 is 0.393 bits per heavy atom. The molecule has 61 heavy (non-hydrogen) atoms. The van der Waals surface area contributed by atoms with E-state index in [-0.39, 0.29) is 12.1 Å². The average Bonchev–Trinajstić information content (AvgIpc) is 3.25. The summed E-state index contributed by atoms with van der Waals surface area (Å²) in [6.45, 7) is 17.2. The van der Waals surface area contributed by atoms with E-state index in [1.807, 2.05) is 36.4 Å². The molecule has 4 amide bonds. The van der Waals surface area contributed by atoms with Crippen molar-refractivity contribution in [3.05, 3.63) is 59.7 Å². The Morgan fingerprint density at radius 3 is 1.02 bits per heavy atom. The van der Waals surface area contributed by atoms with Gasteiger partial charge >= 0.3 is 12.1 Å². The van der Waals surface area contributed by atoms with Crippen molar-refractivity contribution in [1.29, 1.82) is 0 Å². The lowest BCUT2D eigenvalue weighted by atomic mass is 10.0. The highest BCUT2D eigenvalue weighted by molar-refractivity contribution is 5.90. The summed E-state index contributed by atoms with van der Waals surface area (Å²) in [7, 11) is 0. The summed E-state index contributed by atoms with van der Waals surface area (Å²) >= 11 is 0. The van der Waals surface area contributed by atoms with Crippen molar-refractivity contribution in [1.82, 2.24) is 20.4 Å². The fourth-order valence-electron chi connectivity index (χ4n) is 8.25. The van der Waals surface area contributed by atoms with Gasteiger partial charge in [-0.05, 0) is 120 Å². The molecule has 0 aliphatic heterocycles. The Kier molecular flexibility index (Phi) is 34.2. The molecule has 0 spiro atoms. The van der Waals surface area contributed by atoms with Gasteiger partial charge in [0.05, 0.1) is 0 Å². The quantitative estimate of drug-likeness (QED) is 0.0503. The molecule has 348 valence electrons. The van der Waals surface area contributed by atoms with E-state index in [1.54, 1.807) is 0 Å². The molecule has 2 aromatic rings. The van der Waals surface area contributed by atoms with Crippen LogP contribution in [0.4, 0.5) is 21.0 Å². The van der Waals surface area contributed by atoms with Crippen molar-refractivity contribution in [3.63, 3.8) is 0 Å². The first-order valence-corrected chi connectivity index (χ1v) is 25.7. The van der Waals surface area contributed by atoms with Crippen molar-refractivity contribution in [3.8, 4) is 0 Å². The lowest BCUT2D eigenvalue weighted by Gasteiger charge is -2.22. The van der Waals surface area contributed by atoms with Crippen molar-refractivity contribution in [2.45, 2.75) is 201 Å². The second kappa shape index (κ2) is 38.6. The maximum Gasteiger partial charge on any atom is 0.319 e. The minimum absolute atomic E-state index is 0.156. The number of carbonyl (C=O) groups is 2. The number of benzene rings is 2. The Balaban J connectivity index is 1.75. The summed E-state index contributed by atoms with van der Waals surface area (Å²) in [6, 6.07) is 15.8. The molecule has 2 rings (SSSR count). The Bertz CT molecular complexity index is 1210. The first-order valence-electron chi connectivity index (χ1n) is 25.7. The third-order valence-corrected chi connectivity index (χ3v) is 12.0. The van der Waals surface area contributed by atoms with E-state index in [1.165, 1.54) is 180 Å². The number of urea groups is 2. The number of hydrogen-bond acceptors (Lipinski definition) is 4. The van der Waals surface area contributed by atoms with E-state index in [9.17, 15) is 9.59 Å². The van der Waals surface area contributed by atoms with Crippen LogP contribution in [0.5, 0.6) is 0 Å². The van der Waals surface area contributed by atoms with Gasteiger partial charge in [-0.2, -0.15) is 0 Å². The second-order valence-corrected chi connectivity index (χ2v) is 17.8. The second-order valence-electron chi connectivity index (χ2n) is 17.8. The Morgan fingerprint density at radius 2 is 0.689 bits per heavy atom. The van der Waals surface area contributed by atoms with Crippen LogP contribution in [-0.4, -0.2) is 74.2 Å². The number of hydrogen-bond donors (Lipinski definition) is 4. The number of nitrogens with one attached hydrogen (secondary N) is 4. The predicted octanol–water partition coefficient (Wildman–Crippen LogP) is 14.3. The van der Waals surface area contributed by atoms with Gasteiger partial charge in [0, 0.05) is 24.5 Å². The first kappa shape index (κ1) is 54.0. The highest BCUT2D eigenvalue weighted by Crippen LogP contribution is 2.18. The Labute approximate surface area is 375 Å². The van der Waals surface area contributed by atoms with E-state index >= 15 is 0 Å². The fraction of sp³-hybridized carbons (Fsp3) is 0.736. The normalized spacial score (nSPS) is 11.4. The van der Waals surface area contributed by atoms with E-state index in [0.717, 1.165) is 48.4 Å². The zero-order valence-corrected chi connectivity index (χ0v) is 40.1. The molecule has 0 aliphatic carbocycles. The highest BCUT2D eigenvalue weighted by Gasteiger charge is 2.10. The maximum atomic E-state index is 12.9. The Hall–Kier alpha value is -3.10. The molecule has 0 aromatic heterocycles. The van der Waals surface area contributed by atoms with E-state index in [0.29, 0.717) is 19.5 Å². The summed E-state index contributed by atoms with van der Waals surface area (Å²) < 4.78 is 0. The van der Waals surface area contributed by atoms with E-state index in [4.69, 9.17) is 0 Å². The molecular weight excluding hydrogens is 753 g/mol. The highest BCUT2D eigenvalue weighted by atomic mass is 16.2. The van der Waals surface area contributed by atoms with E-state index < -0.39 is 0 Å². The molecule has 0 atom stereocenters. The van der Waals surface area contributed by atoms with Crippen molar-refractivity contribution in [2.24, 2.45) is 0 Å². The number of carbonyl (C=O) groups excluding carboxylic acids is 2. The van der Waals surface area contributed by atoms with Crippen LogP contribution in [0.3, 0.4) is 0 Å². The minimum Gasteiger partial charge on any atom is -0.338 e. The topological polar surface area (TPSA) is 88.7 Å². The average molecular weight is 847 g/mol. The third-order valence-electron chi connectivity index (χ3n) is 12.0. The first-order chi connectivity index (χ1) is 30.0. The number of amides is 4. The number of unbranched alkanes of at least 4 members (excludes halogenated alkanes) is 20. The minimum atomic E-state index is -0.156. The zero-order chi connectivity index (χ0) is 43.9. The molecule has 0 unspecified atom stereocenters. The molecule has 0 bridgehead atoms. The number of nitrogens with zero attached hydrogens (tertiary/aromatic N) is 2. The standard InChI is InChI=1S/C53H94N6O2/c1-5-9-13-17-21-25-39-58(40-26-22-18-14-10-6-2)43-31-37-54-52(60)56-50-35-29-33-48(46-50)45-49-34-30-36-51(47-49)57-53(61)55-38-32-44-59(41-27-23-19-15-11-7-3)42-28-24-20-16-12-8-4/h29-30,33-36,46-47H,5-28,31-32,37-45H2,1-4H3,(H2,54,56,60)(H2,55,57,61). The molecule has 8 heteroatoms. The van der Waals surface area contributed by atoms with Gasteiger partial charge in [0.2, 0.25) is 0 Å². The summed E-state index contributed by atoms with van der Waals surface area (Å²) in [6.07, 6.45) is 34.4. The summed E-state index contributed by atoms with van der Waals surface area (Å²) in [5.41, 5.74) is 3.78. The molecule has 0 saturated heterocycles. The molecule has 8 nitrogen and oxygen atoms in total. The van der Waals surface area contributed by atoms with Crippen LogP contribution in [0.1, 0.15) is 206 Å². The van der Waals surface area contributed by atoms with Gasteiger partial charge in [0.15, 0.2) is 0 Å². The van der Waals surface area contributed by atoms with Crippen LogP contribution in [0, 0.1) is 0 Å². The number of rotatable bonds is 40. The summed E-state index contributed by atoms with van der Waals surface area (Å²) in [4.78, 5) is 31.0. The lowest BCUT2D eigenvalue weighted by molar-refractivity contribution is 0.244. The smallest absolute Gasteiger partial charge is 0.319 e. The summed E-state index contributed by atoms with van der Waals surface area (Å²) in [5.74, 6) is 0. The van der Waals surface area contributed by atoms with Gasteiger partial charge in [-0.15, -0.1) is 0 Å². The van der Waals surface area contributed by atoms with Gasteiger partial charge in [0.25, 0.3) is 0 Å². The van der Waals surface area contributed by atoms with Crippen molar-refractivity contribution in [2.75, 3.05) is 63.0 Å². The molecule has 0 heterocycles. The van der Waals surface area contributed by atoms with Crippen LogP contribution in [0.2, 0.25) is 0 Å². The molecule has 0 fully saturated rings. The fourth-order valence-corrected chi connectivity index (χ4v) is 8.25. The lowest BCUT2D eigenvalue weighted by Crippen LogP contribution is -2.33. The molecule has 0 saturated carbocycles. The molecule has 0 aliphatic rings. The monoisotopic (exact) mass is 847 g/mol. The summed E-state index contributed by atoms with van der Waals surface area (Å²) in [5, 5.41) is 12.3. The largest absolute Gasteiger partial charge is 0.338 e. The molecule has 2 aromatic carbocycles. The van der Waals surface area contributed by atoms with Crippen LogP contribution in [-0.2, 0) is 6.42 Å². The van der Waals surface area contributed by atoms with Gasteiger partial charge in [-0.3, -0.25) is 0 Å². The van der Waals surface area contributed by atoms with Gasteiger partial charge < -0.3 is 31.1 Å². The van der Waals surface area contributed by atoms with Gasteiger partial charge in [-0.25, -0.2) is 9.59 Å². The molecule has 0 radical (unpaired) electrons. The van der Waals surface area contributed by atoms with Gasteiger partial charge in [0.1, 0.15) is 0 Å². The third kappa shape index (κ3) is 30.6. The predicted molar refractivity (Wildman–Crippen MR) is 265 cm³/mol. The molecular formula is C53H94N6O2.